The van der Waals surface area contributed by atoms with Gasteiger partial charge in [0, 0.05) is 25.0 Å². The van der Waals surface area contributed by atoms with Gasteiger partial charge in [0.2, 0.25) is 0 Å². The van der Waals surface area contributed by atoms with Crippen LogP contribution in [0, 0.1) is 0 Å². The third kappa shape index (κ3) is 6.14. The maximum atomic E-state index is 12.9. The molecule has 0 aliphatic carbocycles. The summed E-state index contributed by atoms with van der Waals surface area (Å²) in [5, 5.41) is 0. The molecule has 1 amide bonds. The molecular weight excluding hydrogens is 376 g/mol. The Morgan fingerprint density at radius 2 is 1.80 bits per heavy atom. The van der Waals surface area contributed by atoms with Crippen molar-refractivity contribution in [1.29, 1.82) is 0 Å². The Balaban J connectivity index is 1.67. The van der Waals surface area contributed by atoms with Crippen LogP contribution >= 0.6 is 0 Å². The fraction of sp³-hybridized carbons (Fsp3) is 0.320. The van der Waals surface area contributed by atoms with Gasteiger partial charge in [-0.05, 0) is 48.4 Å². The smallest absolute Gasteiger partial charge is 0.260 e. The number of rotatable bonds is 11. The van der Waals surface area contributed by atoms with Crippen molar-refractivity contribution in [2.75, 3.05) is 20.3 Å². The van der Waals surface area contributed by atoms with Crippen LogP contribution in [0.3, 0.4) is 0 Å². The number of hydrogen-bond donors (Lipinski definition) is 0. The quantitative estimate of drug-likeness (QED) is 0.461. The van der Waals surface area contributed by atoms with E-state index in [-0.39, 0.29) is 12.5 Å². The zero-order valence-corrected chi connectivity index (χ0v) is 17.8. The summed E-state index contributed by atoms with van der Waals surface area (Å²) in [5.74, 6) is 1.56. The molecule has 3 rings (SSSR count). The fourth-order valence-electron chi connectivity index (χ4n) is 3.30. The summed E-state index contributed by atoms with van der Waals surface area (Å²) in [6.45, 7) is 4.20. The van der Waals surface area contributed by atoms with E-state index >= 15 is 0 Å². The summed E-state index contributed by atoms with van der Waals surface area (Å²) in [6, 6.07) is 21.6. The third-order valence-corrected chi connectivity index (χ3v) is 5.00. The lowest BCUT2D eigenvalue weighted by Crippen LogP contribution is -2.36. The van der Waals surface area contributed by atoms with Gasteiger partial charge in [-0.2, -0.15) is 0 Å². The molecule has 0 spiro atoms. The van der Waals surface area contributed by atoms with Gasteiger partial charge in [-0.25, -0.2) is 0 Å². The molecule has 0 saturated heterocycles. The first-order chi connectivity index (χ1) is 14.7. The van der Waals surface area contributed by atoms with Gasteiger partial charge in [0.25, 0.3) is 5.91 Å². The number of para-hydroxylation sites is 1. The average Bonchev–Trinajstić information content (AvgIpc) is 3.22. The van der Waals surface area contributed by atoms with Crippen LogP contribution in [-0.2, 0) is 17.9 Å². The van der Waals surface area contributed by atoms with E-state index in [1.807, 2.05) is 59.5 Å². The van der Waals surface area contributed by atoms with E-state index in [4.69, 9.17) is 9.47 Å². The van der Waals surface area contributed by atoms with Gasteiger partial charge < -0.3 is 18.9 Å². The summed E-state index contributed by atoms with van der Waals surface area (Å²) in [7, 11) is 1.68. The lowest BCUT2D eigenvalue weighted by molar-refractivity contribution is -0.134. The normalized spacial score (nSPS) is 10.6. The average molecular weight is 407 g/mol. The fourth-order valence-corrected chi connectivity index (χ4v) is 3.30. The standard InChI is InChI=1S/C25H30N2O3/c1-3-4-15-27(25(28)20-30-23-12-6-5-7-13-23)19-22-11-9-16-26(22)18-21-10-8-14-24(17-21)29-2/h5-14,16-17H,3-4,15,18-20H2,1-2H3. The lowest BCUT2D eigenvalue weighted by Gasteiger charge is -2.24. The predicted molar refractivity (Wildman–Crippen MR) is 119 cm³/mol. The monoisotopic (exact) mass is 406 g/mol. The van der Waals surface area contributed by atoms with E-state index in [2.05, 4.69) is 29.8 Å². The van der Waals surface area contributed by atoms with Crippen molar-refractivity contribution < 1.29 is 14.3 Å². The minimum atomic E-state index is 0.00133. The molecule has 0 saturated carbocycles. The molecular formula is C25H30N2O3. The van der Waals surface area contributed by atoms with E-state index in [0.29, 0.717) is 12.3 Å². The van der Waals surface area contributed by atoms with Gasteiger partial charge in [-0.1, -0.05) is 43.7 Å². The maximum Gasteiger partial charge on any atom is 0.260 e. The molecule has 0 bridgehead atoms. The Morgan fingerprint density at radius 1 is 1.00 bits per heavy atom. The molecule has 30 heavy (non-hydrogen) atoms. The van der Waals surface area contributed by atoms with Gasteiger partial charge >= 0.3 is 0 Å². The van der Waals surface area contributed by atoms with Gasteiger partial charge in [0.15, 0.2) is 6.61 Å². The molecule has 5 heteroatoms. The molecule has 158 valence electrons. The number of carbonyl (C=O) groups excluding carboxylic acids is 1. The zero-order valence-electron chi connectivity index (χ0n) is 17.8. The van der Waals surface area contributed by atoms with Crippen LogP contribution in [0.2, 0.25) is 0 Å². The van der Waals surface area contributed by atoms with Gasteiger partial charge in [0.1, 0.15) is 11.5 Å². The van der Waals surface area contributed by atoms with E-state index in [1.54, 1.807) is 7.11 Å². The SMILES string of the molecule is CCCCN(Cc1cccn1Cc1cccc(OC)c1)C(=O)COc1ccccc1. The summed E-state index contributed by atoms with van der Waals surface area (Å²) in [4.78, 5) is 14.8. The third-order valence-electron chi connectivity index (χ3n) is 5.00. The second-order valence-corrected chi connectivity index (χ2v) is 7.25. The summed E-state index contributed by atoms with van der Waals surface area (Å²) in [5.41, 5.74) is 2.26. The first-order valence-electron chi connectivity index (χ1n) is 10.4. The van der Waals surface area contributed by atoms with Crippen LogP contribution < -0.4 is 9.47 Å². The molecule has 0 aliphatic rings. The number of methoxy groups -OCH3 is 1. The van der Waals surface area contributed by atoms with E-state index in [0.717, 1.165) is 42.9 Å². The van der Waals surface area contributed by atoms with Crippen molar-refractivity contribution in [2.45, 2.75) is 32.9 Å². The van der Waals surface area contributed by atoms with E-state index in [1.165, 1.54) is 0 Å². The van der Waals surface area contributed by atoms with Crippen molar-refractivity contribution in [1.82, 2.24) is 9.47 Å². The Kier molecular flexibility index (Phi) is 7.95. The first kappa shape index (κ1) is 21.5. The van der Waals surface area contributed by atoms with Crippen molar-refractivity contribution >= 4 is 5.91 Å². The molecule has 5 nitrogen and oxygen atoms in total. The number of carbonyl (C=O) groups is 1. The molecule has 1 heterocycles. The summed E-state index contributed by atoms with van der Waals surface area (Å²) in [6.07, 6.45) is 4.06. The number of amides is 1. The highest BCUT2D eigenvalue weighted by atomic mass is 16.5. The lowest BCUT2D eigenvalue weighted by atomic mass is 10.2. The van der Waals surface area contributed by atoms with Crippen LogP contribution in [0.4, 0.5) is 0 Å². The Morgan fingerprint density at radius 3 is 2.57 bits per heavy atom. The Labute approximate surface area is 178 Å². The van der Waals surface area contributed by atoms with Crippen molar-refractivity contribution in [3.05, 3.63) is 84.2 Å². The Bertz CT molecular complexity index is 921. The van der Waals surface area contributed by atoms with E-state index < -0.39 is 0 Å². The maximum absolute atomic E-state index is 12.9. The molecule has 0 N–H and O–H groups in total. The van der Waals surface area contributed by atoms with Crippen LogP contribution in [0.25, 0.3) is 0 Å². The number of unbranched alkanes of at least 4 members (excludes halogenated alkanes) is 1. The molecule has 1 aromatic heterocycles. The topological polar surface area (TPSA) is 43.7 Å². The predicted octanol–water partition coefficient (Wildman–Crippen LogP) is 4.75. The molecule has 3 aromatic rings. The molecule has 0 fully saturated rings. The Hall–Kier alpha value is -3.21. The summed E-state index contributed by atoms with van der Waals surface area (Å²) < 4.78 is 13.2. The van der Waals surface area contributed by atoms with Crippen LogP contribution in [-0.4, -0.2) is 35.6 Å². The van der Waals surface area contributed by atoms with Gasteiger partial charge in [-0.3, -0.25) is 4.79 Å². The number of hydrogen-bond acceptors (Lipinski definition) is 3. The number of aromatic nitrogens is 1. The minimum Gasteiger partial charge on any atom is -0.497 e. The molecule has 0 radical (unpaired) electrons. The number of ether oxygens (including phenoxy) is 2. The molecule has 2 aromatic carbocycles. The minimum absolute atomic E-state index is 0.00133. The first-order valence-corrected chi connectivity index (χ1v) is 10.4. The van der Waals surface area contributed by atoms with Crippen molar-refractivity contribution in [3.63, 3.8) is 0 Å². The van der Waals surface area contributed by atoms with Gasteiger partial charge in [0.05, 0.1) is 13.7 Å². The number of benzene rings is 2. The van der Waals surface area contributed by atoms with Crippen LogP contribution in [0.1, 0.15) is 31.0 Å². The van der Waals surface area contributed by atoms with Crippen LogP contribution in [0.5, 0.6) is 11.5 Å². The van der Waals surface area contributed by atoms with E-state index in [9.17, 15) is 4.79 Å². The van der Waals surface area contributed by atoms with Crippen molar-refractivity contribution in [3.8, 4) is 11.5 Å². The highest BCUT2D eigenvalue weighted by Crippen LogP contribution is 2.16. The second-order valence-electron chi connectivity index (χ2n) is 7.25. The molecule has 0 atom stereocenters. The highest BCUT2D eigenvalue weighted by molar-refractivity contribution is 5.77. The van der Waals surface area contributed by atoms with Crippen molar-refractivity contribution in [2.24, 2.45) is 0 Å². The number of nitrogens with zero attached hydrogens (tertiary/aromatic N) is 2. The molecule has 0 aliphatic heterocycles. The highest BCUT2D eigenvalue weighted by Gasteiger charge is 2.16. The van der Waals surface area contributed by atoms with Gasteiger partial charge in [-0.15, -0.1) is 0 Å². The largest absolute Gasteiger partial charge is 0.497 e. The molecule has 0 unspecified atom stereocenters. The van der Waals surface area contributed by atoms with Crippen LogP contribution in [0.15, 0.2) is 72.9 Å². The summed E-state index contributed by atoms with van der Waals surface area (Å²) >= 11 is 0. The second kappa shape index (κ2) is 11.1. The zero-order chi connectivity index (χ0) is 21.2.